The number of carbonyl (C=O) groups is 1. The van der Waals surface area contributed by atoms with E-state index in [4.69, 9.17) is 10.5 Å². The molecule has 3 atom stereocenters. The van der Waals surface area contributed by atoms with Crippen LogP contribution in [0.5, 0.6) is 5.75 Å². The zero-order valence-electron chi connectivity index (χ0n) is 16.1. The molecule has 0 radical (unpaired) electrons. The van der Waals surface area contributed by atoms with Crippen LogP contribution in [-0.4, -0.2) is 59.5 Å². The van der Waals surface area contributed by atoms with Gasteiger partial charge in [0.15, 0.2) is 0 Å². The van der Waals surface area contributed by atoms with Crippen molar-refractivity contribution in [1.82, 2.24) is 14.8 Å². The highest BCUT2D eigenvalue weighted by molar-refractivity contribution is 5.95. The standard InChI is InChI=1S/C22H26N4O2/c1-28-18-5-3-2-4-16(18)17-13-26(22(27)15-6-9-24-19(23)12-15)20-14-7-10-25(11-8-14)21(17)20/h2-6,9,12,14,17,20-21H,7-8,10-11,13H2,1H3,(H2,23,24)/t17-,20+,21+/m0/s1. The van der Waals surface area contributed by atoms with Crippen LogP contribution in [-0.2, 0) is 0 Å². The molecule has 0 unspecified atom stereocenters. The van der Waals surface area contributed by atoms with Gasteiger partial charge in [0.25, 0.3) is 5.91 Å². The first-order chi connectivity index (χ1) is 13.7. The summed E-state index contributed by atoms with van der Waals surface area (Å²) in [5, 5.41) is 0. The largest absolute Gasteiger partial charge is 0.496 e. The number of likely N-dealkylation sites (tertiary alicyclic amines) is 1. The number of rotatable bonds is 3. The van der Waals surface area contributed by atoms with Crippen LogP contribution in [0.25, 0.3) is 0 Å². The van der Waals surface area contributed by atoms with Gasteiger partial charge < -0.3 is 15.4 Å². The summed E-state index contributed by atoms with van der Waals surface area (Å²) in [5.74, 6) is 2.19. The second-order valence-corrected chi connectivity index (χ2v) is 8.13. The third kappa shape index (κ3) is 2.66. The van der Waals surface area contributed by atoms with E-state index >= 15 is 0 Å². The van der Waals surface area contributed by atoms with Crippen molar-refractivity contribution in [1.29, 1.82) is 0 Å². The van der Waals surface area contributed by atoms with Gasteiger partial charge in [-0.3, -0.25) is 9.69 Å². The molecule has 1 amide bonds. The first-order valence-corrected chi connectivity index (χ1v) is 10.1. The molecule has 4 fully saturated rings. The molecule has 146 valence electrons. The molecule has 0 aliphatic carbocycles. The Morgan fingerprint density at radius 2 is 1.96 bits per heavy atom. The highest BCUT2D eigenvalue weighted by Gasteiger charge is 2.55. The molecule has 0 saturated carbocycles. The van der Waals surface area contributed by atoms with Crippen molar-refractivity contribution >= 4 is 11.7 Å². The maximum Gasteiger partial charge on any atom is 0.254 e. The summed E-state index contributed by atoms with van der Waals surface area (Å²) in [7, 11) is 1.72. The van der Waals surface area contributed by atoms with E-state index < -0.39 is 0 Å². The Labute approximate surface area is 165 Å². The fourth-order valence-corrected chi connectivity index (χ4v) is 5.65. The maximum atomic E-state index is 13.5. The molecule has 1 aromatic heterocycles. The third-order valence-electron chi connectivity index (χ3n) is 6.82. The van der Waals surface area contributed by atoms with Crippen molar-refractivity contribution in [3.63, 3.8) is 0 Å². The second-order valence-electron chi connectivity index (χ2n) is 8.13. The van der Waals surface area contributed by atoms with Gasteiger partial charge in [-0.15, -0.1) is 0 Å². The Bertz CT molecular complexity index is 894. The first-order valence-electron chi connectivity index (χ1n) is 10.1. The van der Waals surface area contributed by atoms with Gasteiger partial charge in [0.1, 0.15) is 11.6 Å². The monoisotopic (exact) mass is 378 g/mol. The van der Waals surface area contributed by atoms with Crippen LogP contribution in [0, 0.1) is 5.92 Å². The lowest BCUT2D eigenvalue weighted by atomic mass is 9.75. The van der Waals surface area contributed by atoms with Crippen molar-refractivity contribution in [2.45, 2.75) is 30.8 Å². The number of hydrogen-bond donors (Lipinski definition) is 1. The summed E-state index contributed by atoms with van der Waals surface area (Å²) in [4.78, 5) is 22.2. The van der Waals surface area contributed by atoms with Crippen molar-refractivity contribution in [2.75, 3.05) is 32.5 Å². The number of benzene rings is 1. The van der Waals surface area contributed by atoms with Crippen molar-refractivity contribution in [3.8, 4) is 5.75 Å². The Kier molecular flexibility index (Phi) is 4.23. The van der Waals surface area contributed by atoms with E-state index in [-0.39, 0.29) is 17.9 Å². The molecule has 5 heterocycles. The van der Waals surface area contributed by atoms with Crippen LogP contribution in [0.4, 0.5) is 5.82 Å². The van der Waals surface area contributed by atoms with Crippen LogP contribution in [0.3, 0.4) is 0 Å². The van der Waals surface area contributed by atoms with E-state index in [0.717, 1.165) is 18.8 Å². The SMILES string of the molecule is COc1ccccc1[C@@H]1CN(C(=O)c2ccnc(N)c2)[C@@H]2C3CCN(CC3)[C@@H]21. The Morgan fingerprint density at radius 1 is 1.18 bits per heavy atom. The van der Waals surface area contributed by atoms with Gasteiger partial charge in [0, 0.05) is 35.8 Å². The Balaban J connectivity index is 1.55. The summed E-state index contributed by atoms with van der Waals surface area (Å²) in [6.07, 6.45) is 3.95. The Hall–Kier alpha value is -2.60. The minimum absolute atomic E-state index is 0.0650. The number of pyridine rings is 1. The number of carbonyl (C=O) groups excluding carboxylic acids is 1. The molecule has 4 saturated heterocycles. The van der Waals surface area contributed by atoms with Crippen molar-refractivity contribution in [2.24, 2.45) is 5.92 Å². The van der Waals surface area contributed by atoms with Crippen LogP contribution >= 0.6 is 0 Å². The van der Waals surface area contributed by atoms with Crippen LogP contribution < -0.4 is 10.5 Å². The van der Waals surface area contributed by atoms with Gasteiger partial charge in [-0.2, -0.15) is 0 Å². The lowest BCUT2D eigenvalue weighted by molar-refractivity contribution is -0.00350. The summed E-state index contributed by atoms with van der Waals surface area (Å²) in [6, 6.07) is 12.3. The minimum Gasteiger partial charge on any atom is -0.496 e. The third-order valence-corrected chi connectivity index (χ3v) is 6.82. The molecule has 28 heavy (non-hydrogen) atoms. The number of fused-ring (bicyclic) bond motifs is 2. The van der Waals surface area contributed by atoms with Gasteiger partial charge >= 0.3 is 0 Å². The topological polar surface area (TPSA) is 71.7 Å². The number of anilines is 1. The molecule has 6 nitrogen and oxygen atoms in total. The number of methoxy groups -OCH3 is 1. The number of aromatic nitrogens is 1. The summed E-state index contributed by atoms with van der Waals surface area (Å²) >= 11 is 0. The number of nitrogen functional groups attached to an aromatic ring is 1. The number of para-hydroxylation sites is 1. The fourth-order valence-electron chi connectivity index (χ4n) is 5.65. The number of amides is 1. The maximum absolute atomic E-state index is 13.5. The van der Waals surface area contributed by atoms with Gasteiger partial charge in [0.05, 0.1) is 13.2 Å². The molecule has 1 aromatic carbocycles. The van der Waals surface area contributed by atoms with Gasteiger partial charge in [0.2, 0.25) is 0 Å². The lowest BCUT2D eigenvalue weighted by Crippen LogP contribution is -2.60. The first kappa shape index (κ1) is 17.5. The average molecular weight is 378 g/mol. The van der Waals surface area contributed by atoms with E-state index in [2.05, 4.69) is 26.9 Å². The predicted molar refractivity (Wildman–Crippen MR) is 107 cm³/mol. The summed E-state index contributed by atoms with van der Waals surface area (Å²) < 4.78 is 5.67. The number of ether oxygens (including phenoxy) is 1. The molecule has 2 bridgehead atoms. The smallest absolute Gasteiger partial charge is 0.254 e. The van der Waals surface area contributed by atoms with E-state index in [1.165, 1.54) is 18.4 Å². The average Bonchev–Trinajstić information content (AvgIpc) is 3.16. The van der Waals surface area contributed by atoms with Crippen molar-refractivity contribution < 1.29 is 9.53 Å². The highest BCUT2D eigenvalue weighted by atomic mass is 16.5. The number of hydrogen-bond acceptors (Lipinski definition) is 5. The van der Waals surface area contributed by atoms with E-state index in [1.54, 1.807) is 25.4 Å². The molecule has 4 aliphatic heterocycles. The normalized spacial score (nSPS) is 30.9. The fraction of sp³-hybridized carbons (Fsp3) is 0.455. The van der Waals surface area contributed by atoms with Gasteiger partial charge in [-0.1, -0.05) is 18.2 Å². The molecule has 6 rings (SSSR count). The molecule has 2 aromatic rings. The second kappa shape index (κ2) is 6.78. The van der Waals surface area contributed by atoms with Crippen molar-refractivity contribution in [3.05, 3.63) is 53.7 Å². The number of nitrogens with two attached hydrogens (primary N) is 1. The Morgan fingerprint density at radius 3 is 2.71 bits per heavy atom. The zero-order chi connectivity index (χ0) is 19.3. The summed E-state index contributed by atoms with van der Waals surface area (Å²) in [5.41, 5.74) is 7.67. The van der Waals surface area contributed by atoms with E-state index in [9.17, 15) is 4.79 Å². The molecule has 6 heteroatoms. The lowest BCUT2D eigenvalue weighted by Gasteiger charge is -2.51. The summed E-state index contributed by atoms with van der Waals surface area (Å²) in [6.45, 7) is 2.97. The van der Waals surface area contributed by atoms with Crippen LogP contribution in [0.2, 0.25) is 0 Å². The highest BCUT2D eigenvalue weighted by Crippen LogP contribution is 2.48. The zero-order valence-corrected chi connectivity index (χ0v) is 16.1. The minimum atomic E-state index is 0.0650. The predicted octanol–water partition coefficient (Wildman–Crippen LogP) is 2.37. The molecular weight excluding hydrogens is 352 g/mol. The number of nitrogens with zero attached hydrogens (tertiary/aromatic N) is 3. The molecular formula is C22H26N4O2. The molecule has 0 spiro atoms. The number of piperidine rings is 3. The molecule has 2 N–H and O–H groups in total. The quantitative estimate of drug-likeness (QED) is 0.888. The van der Waals surface area contributed by atoms with E-state index in [1.807, 2.05) is 12.1 Å². The van der Waals surface area contributed by atoms with Gasteiger partial charge in [-0.25, -0.2) is 4.98 Å². The van der Waals surface area contributed by atoms with Gasteiger partial charge in [-0.05, 0) is 50.0 Å². The molecule has 4 aliphatic rings. The van der Waals surface area contributed by atoms with E-state index in [0.29, 0.717) is 29.9 Å². The van der Waals surface area contributed by atoms with Crippen LogP contribution in [0.1, 0.15) is 34.7 Å². The van der Waals surface area contributed by atoms with Crippen LogP contribution in [0.15, 0.2) is 42.6 Å².